The Balaban J connectivity index is 3.22. The van der Waals surface area contributed by atoms with E-state index >= 15 is 0 Å². The van der Waals surface area contributed by atoms with Crippen LogP contribution in [-0.4, -0.2) is 17.4 Å². The minimum Gasteiger partial charge on any atom is -0.393 e. The second-order valence-corrected chi connectivity index (χ2v) is 4.04. The number of alkyl halides is 1. The molecular weight excluding hydrogens is 200 g/mol. The van der Waals surface area contributed by atoms with Gasteiger partial charge in [-0.2, -0.15) is 0 Å². The van der Waals surface area contributed by atoms with E-state index in [0.717, 1.165) is 6.92 Å². The SMILES string of the molecule is C[C@](F)(CO)[C@](C)(N)c1ccccc1F. The highest BCUT2D eigenvalue weighted by molar-refractivity contribution is 5.28. The van der Waals surface area contributed by atoms with E-state index in [-0.39, 0.29) is 5.56 Å². The summed E-state index contributed by atoms with van der Waals surface area (Å²) in [4.78, 5) is 0. The van der Waals surface area contributed by atoms with Crippen LogP contribution in [0.4, 0.5) is 8.78 Å². The molecule has 0 aromatic heterocycles. The summed E-state index contributed by atoms with van der Waals surface area (Å²) >= 11 is 0. The van der Waals surface area contributed by atoms with Crippen LogP contribution in [0, 0.1) is 5.82 Å². The molecule has 1 aromatic carbocycles. The Bertz CT molecular complexity index is 350. The van der Waals surface area contributed by atoms with Crippen molar-refractivity contribution in [3.05, 3.63) is 35.6 Å². The second-order valence-electron chi connectivity index (χ2n) is 4.04. The average Bonchev–Trinajstić information content (AvgIpc) is 2.18. The number of rotatable bonds is 3. The molecule has 0 saturated carbocycles. The molecule has 0 bridgehead atoms. The molecule has 2 nitrogen and oxygen atoms in total. The Morgan fingerprint density at radius 1 is 1.33 bits per heavy atom. The fourth-order valence-electron chi connectivity index (χ4n) is 1.33. The first kappa shape index (κ1) is 12.1. The third-order valence-corrected chi connectivity index (χ3v) is 2.81. The maximum atomic E-state index is 13.9. The van der Waals surface area contributed by atoms with Crippen LogP contribution in [0.1, 0.15) is 19.4 Å². The maximum absolute atomic E-state index is 13.9. The van der Waals surface area contributed by atoms with Crippen LogP contribution < -0.4 is 5.73 Å². The van der Waals surface area contributed by atoms with Crippen molar-refractivity contribution in [2.75, 3.05) is 6.61 Å². The molecule has 0 spiro atoms. The highest BCUT2D eigenvalue weighted by Crippen LogP contribution is 2.34. The third kappa shape index (κ3) is 2.01. The van der Waals surface area contributed by atoms with Gasteiger partial charge < -0.3 is 10.8 Å². The summed E-state index contributed by atoms with van der Waals surface area (Å²) in [5.74, 6) is -0.570. The number of nitrogens with two attached hydrogens (primary N) is 1. The molecule has 0 saturated heterocycles. The van der Waals surface area contributed by atoms with E-state index in [1.54, 1.807) is 6.07 Å². The van der Waals surface area contributed by atoms with E-state index in [1.165, 1.54) is 25.1 Å². The van der Waals surface area contributed by atoms with Crippen LogP contribution in [0.2, 0.25) is 0 Å². The van der Waals surface area contributed by atoms with Gasteiger partial charge in [0, 0.05) is 5.56 Å². The summed E-state index contributed by atoms with van der Waals surface area (Å²) < 4.78 is 27.3. The molecule has 84 valence electrons. The lowest BCUT2D eigenvalue weighted by molar-refractivity contribution is 0.0177. The average molecular weight is 215 g/mol. The van der Waals surface area contributed by atoms with Crippen LogP contribution in [0.25, 0.3) is 0 Å². The van der Waals surface area contributed by atoms with Gasteiger partial charge in [0.15, 0.2) is 5.67 Å². The zero-order valence-electron chi connectivity index (χ0n) is 8.80. The quantitative estimate of drug-likeness (QED) is 0.806. The van der Waals surface area contributed by atoms with Crippen molar-refractivity contribution in [3.63, 3.8) is 0 Å². The van der Waals surface area contributed by atoms with Gasteiger partial charge in [-0.3, -0.25) is 0 Å². The molecule has 2 atom stereocenters. The van der Waals surface area contributed by atoms with Crippen molar-refractivity contribution < 1.29 is 13.9 Å². The minimum absolute atomic E-state index is 0.0593. The number of benzene rings is 1. The largest absolute Gasteiger partial charge is 0.393 e. The van der Waals surface area contributed by atoms with Crippen molar-refractivity contribution in [2.24, 2.45) is 5.73 Å². The van der Waals surface area contributed by atoms with Gasteiger partial charge in [-0.25, -0.2) is 8.78 Å². The normalized spacial score (nSPS) is 19.3. The monoisotopic (exact) mass is 215 g/mol. The molecule has 15 heavy (non-hydrogen) atoms. The van der Waals surface area contributed by atoms with Gasteiger partial charge in [-0.15, -0.1) is 0 Å². The summed E-state index contributed by atoms with van der Waals surface area (Å²) in [6.45, 7) is 1.76. The lowest BCUT2D eigenvalue weighted by Gasteiger charge is -2.36. The lowest BCUT2D eigenvalue weighted by Crippen LogP contribution is -2.53. The van der Waals surface area contributed by atoms with Gasteiger partial charge in [0.2, 0.25) is 0 Å². The lowest BCUT2D eigenvalue weighted by atomic mass is 9.79. The van der Waals surface area contributed by atoms with Gasteiger partial charge in [-0.05, 0) is 19.9 Å². The maximum Gasteiger partial charge on any atom is 0.152 e. The second kappa shape index (κ2) is 3.87. The predicted octanol–water partition coefficient (Wildman–Crippen LogP) is 1.72. The summed E-state index contributed by atoms with van der Waals surface area (Å²) in [5, 5.41) is 8.90. The van der Waals surface area contributed by atoms with Crippen molar-refractivity contribution in [1.82, 2.24) is 0 Å². The van der Waals surface area contributed by atoms with Crippen LogP contribution in [0.5, 0.6) is 0 Å². The molecule has 1 rings (SSSR count). The zero-order valence-corrected chi connectivity index (χ0v) is 8.80. The van der Waals surface area contributed by atoms with E-state index < -0.39 is 23.6 Å². The van der Waals surface area contributed by atoms with Gasteiger partial charge in [-0.1, -0.05) is 18.2 Å². The summed E-state index contributed by atoms with van der Waals surface area (Å²) in [6, 6.07) is 5.72. The number of aliphatic hydroxyl groups excluding tert-OH is 1. The number of aliphatic hydroxyl groups is 1. The predicted molar refractivity (Wildman–Crippen MR) is 54.5 cm³/mol. The highest BCUT2D eigenvalue weighted by atomic mass is 19.1. The van der Waals surface area contributed by atoms with E-state index in [9.17, 15) is 8.78 Å². The van der Waals surface area contributed by atoms with Crippen molar-refractivity contribution in [2.45, 2.75) is 25.1 Å². The Labute approximate surface area is 87.7 Å². The summed E-state index contributed by atoms with van der Waals surface area (Å²) in [6.07, 6.45) is 0. The van der Waals surface area contributed by atoms with Crippen LogP contribution in [0.3, 0.4) is 0 Å². The molecule has 4 heteroatoms. The fourth-order valence-corrected chi connectivity index (χ4v) is 1.33. The first-order chi connectivity index (χ1) is 6.83. The molecule has 1 aromatic rings. The molecule has 0 aliphatic heterocycles. The third-order valence-electron chi connectivity index (χ3n) is 2.81. The van der Waals surface area contributed by atoms with Crippen molar-refractivity contribution >= 4 is 0 Å². The molecular formula is C11H15F2NO. The summed E-state index contributed by atoms with van der Waals surface area (Å²) in [7, 11) is 0. The van der Waals surface area contributed by atoms with Gasteiger partial charge in [0.1, 0.15) is 5.82 Å². The van der Waals surface area contributed by atoms with Gasteiger partial charge in [0.25, 0.3) is 0 Å². The Hall–Kier alpha value is -1.00. The van der Waals surface area contributed by atoms with E-state index in [0.29, 0.717) is 0 Å². The van der Waals surface area contributed by atoms with E-state index in [1.807, 2.05) is 0 Å². The topological polar surface area (TPSA) is 46.2 Å². The first-order valence-electron chi connectivity index (χ1n) is 4.66. The smallest absolute Gasteiger partial charge is 0.152 e. The van der Waals surface area contributed by atoms with Crippen LogP contribution in [0.15, 0.2) is 24.3 Å². The molecule has 0 radical (unpaired) electrons. The van der Waals surface area contributed by atoms with Crippen LogP contribution in [-0.2, 0) is 5.54 Å². The minimum atomic E-state index is -2.07. The van der Waals surface area contributed by atoms with E-state index in [4.69, 9.17) is 10.8 Å². The molecule has 0 heterocycles. The van der Waals surface area contributed by atoms with E-state index in [2.05, 4.69) is 0 Å². The highest BCUT2D eigenvalue weighted by Gasteiger charge is 2.44. The Kier molecular flexibility index (Phi) is 3.11. The van der Waals surface area contributed by atoms with Crippen molar-refractivity contribution in [1.29, 1.82) is 0 Å². The number of hydrogen-bond donors (Lipinski definition) is 2. The summed E-state index contributed by atoms with van der Waals surface area (Å²) in [5.41, 5.74) is 2.17. The molecule has 0 fully saturated rings. The fraction of sp³-hybridized carbons (Fsp3) is 0.455. The first-order valence-corrected chi connectivity index (χ1v) is 4.66. The standard InChI is InChI=1S/C11H15F2NO/c1-10(13,7-15)11(2,14)8-5-3-4-6-9(8)12/h3-6,15H,7,14H2,1-2H3/t10-,11+/m0/s1. The van der Waals surface area contributed by atoms with Gasteiger partial charge >= 0.3 is 0 Å². The van der Waals surface area contributed by atoms with Crippen molar-refractivity contribution in [3.8, 4) is 0 Å². The number of hydrogen-bond acceptors (Lipinski definition) is 2. The van der Waals surface area contributed by atoms with Gasteiger partial charge in [0.05, 0.1) is 12.1 Å². The zero-order chi connectivity index (χ0) is 11.7. The molecule has 0 aliphatic rings. The molecule has 0 unspecified atom stereocenters. The Morgan fingerprint density at radius 2 is 1.87 bits per heavy atom. The molecule has 3 N–H and O–H groups in total. The number of halogens is 2. The molecule has 0 aliphatic carbocycles. The van der Waals surface area contributed by atoms with Crippen LogP contribution >= 0.6 is 0 Å². The molecule has 0 amide bonds. The Morgan fingerprint density at radius 3 is 2.33 bits per heavy atom.